The highest BCUT2D eigenvalue weighted by Crippen LogP contribution is 2.24. The van der Waals surface area contributed by atoms with Gasteiger partial charge in [-0.3, -0.25) is 0 Å². The lowest BCUT2D eigenvalue weighted by Gasteiger charge is -2.13. The fourth-order valence-corrected chi connectivity index (χ4v) is 1.34. The second kappa shape index (κ2) is 5.43. The molecule has 2 N–H and O–H groups in total. The van der Waals surface area contributed by atoms with E-state index in [0.29, 0.717) is 6.61 Å². The van der Waals surface area contributed by atoms with Gasteiger partial charge in [-0.15, -0.1) is 5.92 Å². The van der Waals surface area contributed by atoms with Crippen LogP contribution in [0.5, 0.6) is 5.75 Å². The van der Waals surface area contributed by atoms with Crippen LogP contribution in [0.1, 0.15) is 31.0 Å². The molecule has 1 aromatic carbocycles. The first-order valence-electron chi connectivity index (χ1n) is 5.03. The first-order valence-corrected chi connectivity index (χ1v) is 5.03. The SMILES string of the molecule is CC#CCOc1ccc(C)cc1C(C)N. The van der Waals surface area contributed by atoms with Gasteiger partial charge < -0.3 is 10.5 Å². The van der Waals surface area contributed by atoms with Crippen molar-refractivity contribution in [2.75, 3.05) is 6.61 Å². The van der Waals surface area contributed by atoms with Gasteiger partial charge in [-0.1, -0.05) is 23.6 Å². The number of hydrogen-bond donors (Lipinski definition) is 1. The van der Waals surface area contributed by atoms with Gasteiger partial charge in [0.1, 0.15) is 12.4 Å². The Bertz CT molecular complexity index is 385. The number of rotatable bonds is 3. The van der Waals surface area contributed by atoms with Crippen LogP contribution in [0.3, 0.4) is 0 Å². The molecule has 0 saturated carbocycles. The molecule has 0 heterocycles. The number of nitrogens with two attached hydrogens (primary N) is 1. The Hall–Kier alpha value is -1.46. The monoisotopic (exact) mass is 203 g/mol. The predicted octanol–water partition coefficient (Wildman–Crippen LogP) is 2.42. The molecule has 1 unspecified atom stereocenters. The van der Waals surface area contributed by atoms with Gasteiger partial charge in [0.15, 0.2) is 0 Å². The molecule has 0 aliphatic heterocycles. The Morgan fingerprint density at radius 2 is 2.20 bits per heavy atom. The first-order chi connectivity index (χ1) is 7.15. The molecule has 2 heteroatoms. The smallest absolute Gasteiger partial charge is 0.149 e. The average molecular weight is 203 g/mol. The standard InChI is InChI=1S/C13H17NO/c1-4-5-8-15-13-7-6-10(2)9-12(13)11(3)14/h6-7,9,11H,8,14H2,1-3H3. The van der Waals surface area contributed by atoms with Crippen molar-refractivity contribution in [2.45, 2.75) is 26.8 Å². The molecule has 2 nitrogen and oxygen atoms in total. The summed E-state index contributed by atoms with van der Waals surface area (Å²) in [5.74, 6) is 6.49. The summed E-state index contributed by atoms with van der Waals surface area (Å²) in [6.45, 7) is 6.21. The quantitative estimate of drug-likeness (QED) is 0.766. The lowest BCUT2D eigenvalue weighted by Crippen LogP contribution is -2.08. The summed E-state index contributed by atoms with van der Waals surface area (Å²) >= 11 is 0. The largest absolute Gasteiger partial charge is 0.481 e. The molecule has 15 heavy (non-hydrogen) atoms. The van der Waals surface area contributed by atoms with Crippen LogP contribution >= 0.6 is 0 Å². The molecule has 1 rings (SSSR count). The molecule has 0 aromatic heterocycles. The molecule has 1 aromatic rings. The van der Waals surface area contributed by atoms with Crippen LogP contribution in [-0.4, -0.2) is 6.61 Å². The van der Waals surface area contributed by atoms with E-state index in [9.17, 15) is 0 Å². The van der Waals surface area contributed by atoms with Crippen LogP contribution in [0.15, 0.2) is 18.2 Å². The number of benzene rings is 1. The van der Waals surface area contributed by atoms with E-state index in [1.54, 1.807) is 6.92 Å². The summed E-state index contributed by atoms with van der Waals surface area (Å²) in [6.07, 6.45) is 0. The molecule has 0 bridgehead atoms. The van der Waals surface area contributed by atoms with Crippen molar-refractivity contribution in [1.29, 1.82) is 0 Å². The Kier molecular flexibility index (Phi) is 4.20. The summed E-state index contributed by atoms with van der Waals surface area (Å²) in [7, 11) is 0. The topological polar surface area (TPSA) is 35.2 Å². The number of ether oxygens (including phenoxy) is 1. The van der Waals surface area contributed by atoms with E-state index in [0.717, 1.165) is 11.3 Å². The third-order valence-corrected chi connectivity index (χ3v) is 2.13. The molecule has 0 saturated heterocycles. The third kappa shape index (κ3) is 3.30. The van der Waals surface area contributed by atoms with Gasteiger partial charge in [0.05, 0.1) is 0 Å². The van der Waals surface area contributed by atoms with E-state index >= 15 is 0 Å². The average Bonchev–Trinajstić information content (AvgIpc) is 2.20. The van der Waals surface area contributed by atoms with Crippen LogP contribution in [-0.2, 0) is 0 Å². The zero-order valence-corrected chi connectivity index (χ0v) is 9.50. The van der Waals surface area contributed by atoms with Crippen molar-refractivity contribution in [1.82, 2.24) is 0 Å². The molecular formula is C13H17NO. The Morgan fingerprint density at radius 1 is 1.47 bits per heavy atom. The zero-order chi connectivity index (χ0) is 11.3. The molecule has 0 fully saturated rings. The van der Waals surface area contributed by atoms with E-state index in [-0.39, 0.29) is 6.04 Å². The molecule has 0 radical (unpaired) electrons. The Labute approximate surface area is 91.4 Å². The Morgan fingerprint density at radius 3 is 2.80 bits per heavy atom. The van der Waals surface area contributed by atoms with Gasteiger partial charge in [-0.2, -0.15) is 0 Å². The van der Waals surface area contributed by atoms with Crippen LogP contribution in [0, 0.1) is 18.8 Å². The summed E-state index contributed by atoms with van der Waals surface area (Å²) in [6, 6.07) is 6.00. The van der Waals surface area contributed by atoms with Crippen molar-refractivity contribution < 1.29 is 4.74 Å². The fourth-order valence-electron chi connectivity index (χ4n) is 1.34. The summed E-state index contributed by atoms with van der Waals surface area (Å²) in [5, 5.41) is 0. The van der Waals surface area contributed by atoms with Crippen LogP contribution in [0.4, 0.5) is 0 Å². The van der Waals surface area contributed by atoms with Gasteiger partial charge in [0, 0.05) is 11.6 Å². The van der Waals surface area contributed by atoms with Gasteiger partial charge >= 0.3 is 0 Å². The maximum absolute atomic E-state index is 5.87. The fraction of sp³-hybridized carbons (Fsp3) is 0.385. The molecule has 0 aliphatic rings. The van der Waals surface area contributed by atoms with E-state index in [4.69, 9.17) is 10.5 Å². The number of aryl methyl sites for hydroxylation is 1. The normalized spacial score (nSPS) is 11.5. The van der Waals surface area contributed by atoms with E-state index in [2.05, 4.69) is 17.9 Å². The molecule has 0 spiro atoms. The maximum atomic E-state index is 5.87. The molecule has 80 valence electrons. The molecule has 0 amide bonds. The summed E-state index contributed by atoms with van der Waals surface area (Å²) in [4.78, 5) is 0. The van der Waals surface area contributed by atoms with Crippen molar-refractivity contribution in [2.24, 2.45) is 5.73 Å². The van der Waals surface area contributed by atoms with Crippen molar-refractivity contribution >= 4 is 0 Å². The van der Waals surface area contributed by atoms with Crippen molar-refractivity contribution in [3.8, 4) is 17.6 Å². The molecular weight excluding hydrogens is 186 g/mol. The van der Waals surface area contributed by atoms with Gasteiger partial charge in [0.2, 0.25) is 0 Å². The lowest BCUT2D eigenvalue weighted by molar-refractivity contribution is 0.364. The summed E-state index contributed by atoms with van der Waals surface area (Å²) in [5.41, 5.74) is 8.10. The highest BCUT2D eigenvalue weighted by molar-refractivity contribution is 5.38. The summed E-state index contributed by atoms with van der Waals surface area (Å²) < 4.78 is 5.54. The van der Waals surface area contributed by atoms with Crippen molar-refractivity contribution in [3.05, 3.63) is 29.3 Å². The van der Waals surface area contributed by atoms with Crippen LogP contribution in [0.25, 0.3) is 0 Å². The van der Waals surface area contributed by atoms with E-state index in [1.165, 1.54) is 5.56 Å². The number of hydrogen-bond acceptors (Lipinski definition) is 2. The van der Waals surface area contributed by atoms with Crippen molar-refractivity contribution in [3.63, 3.8) is 0 Å². The van der Waals surface area contributed by atoms with Gasteiger partial charge in [-0.25, -0.2) is 0 Å². The van der Waals surface area contributed by atoms with Crippen LogP contribution in [0.2, 0.25) is 0 Å². The van der Waals surface area contributed by atoms with Gasteiger partial charge in [-0.05, 0) is 26.8 Å². The first kappa shape index (κ1) is 11.6. The van der Waals surface area contributed by atoms with E-state index in [1.807, 2.05) is 26.0 Å². The Balaban J connectivity index is 2.89. The second-order valence-corrected chi connectivity index (χ2v) is 3.55. The highest BCUT2D eigenvalue weighted by Gasteiger charge is 2.07. The third-order valence-electron chi connectivity index (χ3n) is 2.13. The minimum absolute atomic E-state index is 0.0190. The maximum Gasteiger partial charge on any atom is 0.149 e. The zero-order valence-electron chi connectivity index (χ0n) is 9.50. The minimum atomic E-state index is -0.0190. The second-order valence-electron chi connectivity index (χ2n) is 3.55. The van der Waals surface area contributed by atoms with Gasteiger partial charge in [0.25, 0.3) is 0 Å². The highest BCUT2D eigenvalue weighted by atomic mass is 16.5. The minimum Gasteiger partial charge on any atom is -0.481 e. The van der Waals surface area contributed by atoms with E-state index < -0.39 is 0 Å². The van der Waals surface area contributed by atoms with Crippen LogP contribution < -0.4 is 10.5 Å². The lowest BCUT2D eigenvalue weighted by atomic mass is 10.1. The molecule has 1 atom stereocenters. The predicted molar refractivity (Wildman–Crippen MR) is 62.7 cm³/mol. The molecule has 0 aliphatic carbocycles.